The lowest BCUT2D eigenvalue weighted by Gasteiger charge is -2.12. The second kappa shape index (κ2) is 8.79. The Morgan fingerprint density at radius 1 is 1.25 bits per heavy atom. The van der Waals surface area contributed by atoms with Gasteiger partial charge in [0, 0.05) is 24.0 Å². The molecule has 2 aromatic carbocycles. The number of nitrogens with two attached hydrogens (primary N) is 1. The molecule has 1 atom stereocenters. The zero-order valence-electron chi connectivity index (χ0n) is 16.0. The number of hydrogen-bond acceptors (Lipinski definition) is 6. The maximum absolute atomic E-state index is 12.5. The molecular formula is C20H23N5O2S. The summed E-state index contributed by atoms with van der Waals surface area (Å²) < 4.78 is 7.27. The normalized spacial score (nSPS) is 11.8. The van der Waals surface area contributed by atoms with E-state index in [0.29, 0.717) is 23.3 Å². The molecule has 3 aromatic rings. The third-order valence-corrected chi connectivity index (χ3v) is 5.20. The Morgan fingerprint density at radius 3 is 2.68 bits per heavy atom. The summed E-state index contributed by atoms with van der Waals surface area (Å²) in [5.41, 5.74) is 8.12. The van der Waals surface area contributed by atoms with Gasteiger partial charge in [-0.1, -0.05) is 23.9 Å². The largest absolute Gasteiger partial charge is 0.494 e. The number of rotatable bonds is 7. The molecule has 0 radical (unpaired) electrons. The van der Waals surface area contributed by atoms with Crippen molar-refractivity contribution in [3.8, 4) is 17.1 Å². The van der Waals surface area contributed by atoms with E-state index in [2.05, 4.69) is 15.5 Å². The van der Waals surface area contributed by atoms with E-state index >= 15 is 0 Å². The summed E-state index contributed by atoms with van der Waals surface area (Å²) in [4.78, 5) is 12.5. The molecule has 0 aliphatic carbocycles. The molecule has 0 aliphatic rings. The number of carbonyl (C=O) groups excluding carboxylic acids is 1. The van der Waals surface area contributed by atoms with Crippen LogP contribution in [0.4, 0.5) is 11.4 Å². The van der Waals surface area contributed by atoms with Gasteiger partial charge in [-0.05, 0) is 50.2 Å². The summed E-state index contributed by atoms with van der Waals surface area (Å²) in [5.74, 6) is 1.37. The Balaban J connectivity index is 1.65. The smallest absolute Gasteiger partial charge is 0.237 e. The number of ether oxygens (including phenoxy) is 1. The van der Waals surface area contributed by atoms with Crippen LogP contribution in [0.1, 0.15) is 13.8 Å². The molecule has 3 N–H and O–H groups in total. The molecule has 0 saturated heterocycles. The van der Waals surface area contributed by atoms with Gasteiger partial charge in [0.2, 0.25) is 5.91 Å². The van der Waals surface area contributed by atoms with Crippen LogP contribution in [0.2, 0.25) is 0 Å². The lowest BCUT2D eigenvalue weighted by molar-refractivity contribution is -0.115. The Morgan fingerprint density at radius 2 is 2.00 bits per heavy atom. The van der Waals surface area contributed by atoms with Gasteiger partial charge in [-0.2, -0.15) is 0 Å². The van der Waals surface area contributed by atoms with E-state index in [9.17, 15) is 4.79 Å². The third kappa shape index (κ3) is 4.64. The third-order valence-electron chi connectivity index (χ3n) is 4.06. The van der Waals surface area contributed by atoms with Crippen molar-refractivity contribution in [2.75, 3.05) is 17.7 Å². The van der Waals surface area contributed by atoms with Gasteiger partial charge < -0.3 is 20.4 Å². The number of nitrogens with zero attached hydrogens (tertiary/aromatic N) is 3. The molecular weight excluding hydrogens is 374 g/mol. The number of amides is 1. The van der Waals surface area contributed by atoms with E-state index in [1.54, 1.807) is 0 Å². The van der Waals surface area contributed by atoms with E-state index in [1.165, 1.54) is 11.8 Å². The van der Waals surface area contributed by atoms with E-state index < -0.39 is 0 Å². The van der Waals surface area contributed by atoms with Crippen LogP contribution in [-0.4, -0.2) is 32.5 Å². The number of nitrogens with one attached hydrogen (secondary N) is 1. The molecule has 0 fully saturated rings. The monoisotopic (exact) mass is 397 g/mol. The highest BCUT2D eigenvalue weighted by atomic mass is 32.2. The minimum atomic E-state index is -0.344. The van der Waals surface area contributed by atoms with Gasteiger partial charge in [0.15, 0.2) is 11.0 Å². The summed E-state index contributed by atoms with van der Waals surface area (Å²) in [5, 5.41) is 11.7. The van der Waals surface area contributed by atoms with Crippen LogP contribution in [0.3, 0.4) is 0 Å². The van der Waals surface area contributed by atoms with E-state index in [1.807, 2.05) is 74.0 Å². The highest BCUT2D eigenvalue weighted by Crippen LogP contribution is 2.27. The molecule has 7 nitrogen and oxygen atoms in total. The zero-order valence-corrected chi connectivity index (χ0v) is 16.9. The molecule has 1 aromatic heterocycles. The fraction of sp³-hybridized carbons (Fsp3) is 0.250. The van der Waals surface area contributed by atoms with Crippen LogP contribution in [0.25, 0.3) is 11.4 Å². The minimum absolute atomic E-state index is 0.109. The first kappa shape index (κ1) is 19.8. The molecule has 1 amide bonds. The predicted octanol–water partition coefficient (Wildman–Crippen LogP) is 3.58. The summed E-state index contributed by atoms with van der Waals surface area (Å²) in [6.45, 7) is 4.37. The first-order valence-electron chi connectivity index (χ1n) is 8.93. The fourth-order valence-electron chi connectivity index (χ4n) is 2.60. The van der Waals surface area contributed by atoms with Crippen molar-refractivity contribution in [1.82, 2.24) is 14.8 Å². The lowest BCUT2D eigenvalue weighted by atomic mass is 10.2. The van der Waals surface area contributed by atoms with Crippen LogP contribution >= 0.6 is 11.8 Å². The number of aromatic nitrogens is 3. The average molecular weight is 398 g/mol. The molecule has 0 saturated carbocycles. The number of thioether (sulfide) groups is 1. The standard InChI is InChI=1S/C20H23N5O2S/c1-4-27-17-10-8-16(9-11-17)22-19(26)13(2)28-20-24-23-18(25(20)3)14-6-5-7-15(21)12-14/h5-13H,4,21H2,1-3H3,(H,22,26). The molecule has 0 aliphatic heterocycles. The van der Waals surface area contributed by atoms with E-state index in [0.717, 1.165) is 17.0 Å². The molecule has 0 bridgehead atoms. The van der Waals surface area contributed by atoms with Crippen LogP contribution in [0, 0.1) is 0 Å². The van der Waals surface area contributed by atoms with Crippen molar-refractivity contribution in [2.45, 2.75) is 24.3 Å². The topological polar surface area (TPSA) is 95.1 Å². The number of benzene rings is 2. The van der Waals surface area contributed by atoms with E-state index in [4.69, 9.17) is 10.5 Å². The molecule has 28 heavy (non-hydrogen) atoms. The van der Waals surface area contributed by atoms with Crippen molar-refractivity contribution < 1.29 is 9.53 Å². The second-order valence-electron chi connectivity index (χ2n) is 6.20. The van der Waals surface area contributed by atoms with Gasteiger partial charge >= 0.3 is 0 Å². The fourth-order valence-corrected chi connectivity index (χ4v) is 3.42. The molecule has 146 valence electrons. The number of nitrogen functional groups attached to an aromatic ring is 1. The van der Waals surface area contributed by atoms with Crippen LogP contribution < -0.4 is 15.8 Å². The van der Waals surface area contributed by atoms with Gasteiger partial charge in [0.25, 0.3) is 0 Å². The van der Waals surface area contributed by atoms with Gasteiger partial charge in [0.1, 0.15) is 5.75 Å². The van der Waals surface area contributed by atoms with Gasteiger partial charge in [-0.3, -0.25) is 4.79 Å². The zero-order chi connectivity index (χ0) is 20.1. The molecule has 1 unspecified atom stereocenters. The molecule has 3 rings (SSSR count). The highest BCUT2D eigenvalue weighted by molar-refractivity contribution is 8.00. The molecule has 0 spiro atoms. The van der Waals surface area contributed by atoms with Crippen LogP contribution in [0.15, 0.2) is 53.7 Å². The van der Waals surface area contributed by atoms with Gasteiger partial charge in [0.05, 0.1) is 11.9 Å². The Hall–Kier alpha value is -3.00. The Kier molecular flexibility index (Phi) is 6.20. The molecule has 1 heterocycles. The summed E-state index contributed by atoms with van der Waals surface area (Å²) in [6, 6.07) is 14.8. The quantitative estimate of drug-likeness (QED) is 0.467. The maximum atomic E-state index is 12.5. The summed E-state index contributed by atoms with van der Waals surface area (Å²) in [6.07, 6.45) is 0. The van der Waals surface area contributed by atoms with Crippen molar-refractivity contribution in [3.63, 3.8) is 0 Å². The van der Waals surface area contributed by atoms with Gasteiger partial charge in [-0.25, -0.2) is 0 Å². The van der Waals surface area contributed by atoms with Gasteiger partial charge in [-0.15, -0.1) is 10.2 Å². The highest BCUT2D eigenvalue weighted by Gasteiger charge is 2.19. The van der Waals surface area contributed by atoms with Crippen molar-refractivity contribution >= 4 is 29.0 Å². The number of carbonyl (C=O) groups is 1. The number of anilines is 2. The maximum Gasteiger partial charge on any atom is 0.237 e. The summed E-state index contributed by atoms with van der Waals surface area (Å²) >= 11 is 1.35. The first-order chi connectivity index (χ1) is 13.5. The Bertz CT molecular complexity index is 955. The number of hydrogen-bond donors (Lipinski definition) is 2. The predicted molar refractivity (Wildman–Crippen MR) is 112 cm³/mol. The van der Waals surface area contributed by atoms with Crippen molar-refractivity contribution in [3.05, 3.63) is 48.5 Å². The van der Waals surface area contributed by atoms with Crippen molar-refractivity contribution in [2.24, 2.45) is 7.05 Å². The van der Waals surface area contributed by atoms with Crippen LogP contribution in [0.5, 0.6) is 5.75 Å². The van der Waals surface area contributed by atoms with Crippen molar-refractivity contribution in [1.29, 1.82) is 0 Å². The van der Waals surface area contributed by atoms with Crippen LogP contribution in [-0.2, 0) is 11.8 Å². The minimum Gasteiger partial charge on any atom is -0.494 e. The SMILES string of the molecule is CCOc1ccc(NC(=O)C(C)Sc2nnc(-c3cccc(N)c3)n2C)cc1. The van der Waals surface area contributed by atoms with E-state index in [-0.39, 0.29) is 11.2 Å². The Labute approximate surface area is 168 Å². The first-order valence-corrected chi connectivity index (χ1v) is 9.81. The second-order valence-corrected chi connectivity index (χ2v) is 7.51. The molecule has 8 heteroatoms. The average Bonchev–Trinajstić information content (AvgIpc) is 3.04. The lowest BCUT2D eigenvalue weighted by Crippen LogP contribution is -2.22. The summed E-state index contributed by atoms with van der Waals surface area (Å²) in [7, 11) is 1.87.